The molecule has 1 aliphatic heterocycles. The first-order valence-electron chi connectivity index (χ1n) is 10.0. The molecule has 2 heterocycles. The maximum atomic E-state index is 12.9. The lowest BCUT2D eigenvalue weighted by Gasteiger charge is -2.16. The van der Waals surface area contributed by atoms with Crippen LogP contribution in [0.5, 0.6) is 5.75 Å². The molecule has 30 heavy (non-hydrogen) atoms. The number of fused-ring (bicyclic) bond motifs is 2. The number of benzene rings is 2. The van der Waals surface area contributed by atoms with Gasteiger partial charge in [-0.2, -0.15) is 0 Å². The molecule has 0 fully saturated rings. The minimum absolute atomic E-state index is 0.0600. The van der Waals surface area contributed by atoms with Gasteiger partial charge in [0.05, 0.1) is 29.1 Å². The number of carbonyl (C=O) groups is 2. The Labute approximate surface area is 173 Å². The standard InChI is InChI=1S/C23H22N2O5/c1-29-22(27)15-7-10-17(11-8-15)30-23(28)16-9-12-18-19(14-16)24-20-6-4-2-3-5-13-25(20)21(18)26/h7-12,14H,2-6,13H2,1H3. The summed E-state index contributed by atoms with van der Waals surface area (Å²) in [5, 5.41) is 0.498. The number of ether oxygens (including phenoxy) is 2. The zero-order valence-corrected chi connectivity index (χ0v) is 16.7. The number of aryl methyl sites for hydroxylation is 1. The molecule has 0 spiro atoms. The molecule has 0 atom stereocenters. The number of rotatable bonds is 3. The van der Waals surface area contributed by atoms with Crippen LogP contribution in [0.4, 0.5) is 0 Å². The Bertz CT molecular complexity index is 1160. The Balaban J connectivity index is 1.61. The first kappa shape index (κ1) is 19.8. The van der Waals surface area contributed by atoms with Crippen LogP contribution in [0.2, 0.25) is 0 Å². The second-order valence-corrected chi connectivity index (χ2v) is 7.29. The van der Waals surface area contributed by atoms with E-state index in [2.05, 4.69) is 9.72 Å². The summed E-state index contributed by atoms with van der Waals surface area (Å²) in [6.07, 6.45) is 4.98. The quantitative estimate of drug-likeness (QED) is 0.489. The highest BCUT2D eigenvalue weighted by molar-refractivity contribution is 5.95. The number of esters is 2. The lowest BCUT2D eigenvalue weighted by Crippen LogP contribution is -2.26. The van der Waals surface area contributed by atoms with Gasteiger partial charge in [-0.15, -0.1) is 0 Å². The van der Waals surface area contributed by atoms with E-state index < -0.39 is 11.9 Å². The van der Waals surface area contributed by atoms with Gasteiger partial charge in [-0.1, -0.05) is 12.8 Å². The van der Waals surface area contributed by atoms with Crippen molar-refractivity contribution in [2.45, 2.75) is 38.6 Å². The fraction of sp³-hybridized carbons (Fsp3) is 0.304. The van der Waals surface area contributed by atoms with Crippen molar-refractivity contribution in [2.24, 2.45) is 0 Å². The number of carbonyl (C=O) groups excluding carboxylic acids is 2. The highest BCUT2D eigenvalue weighted by Gasteiger charge is 2.16. The fourth-order valence-electron chi connectivity index (χ4n) is 3.66. The van der Waals surface area contributed by atoms with E-state index in [0.29, 0.717) is 34.3 Å². The molecular formula is C23H22N2O5. The number of nitrogens with zero attached hydrogens (tertiary/aromatic N) is 2. The molecular weight excluding hydrogens is 384 g/mol. The van der Waals surface area contributed by atoms with E-state index in [1.807, 2.05) is 0 Å². The molecule has 0 N–H and O–H groups in total. The summed E-state index contributed by atoms with van der Waals surface area (Å²) < 4.78 is 11.8. The Kier molecular flexibility index (Phi) is 5.61. The van der Waals surface area contributed by atoms with Gasteiger partial charge in [-0.25, -0.2) is 14.6 Å². The van der Waals surface area contributed by atoms with E-state index in [-0.39, 0.29) is 5.56 Å². The number of hydrogen-bond donors (Lipinski definition) is 0. The summed E-state index contributed by atoms with van der Waals surface area (Å²) in [6.45, 7) is 0.683. The fourth-order valence-corrected chi connectivity index (χ4v) is 3.66. The zero-order chi connectivity index (χ0) is 21.1. The minimum atomic E-state index is -0.559. The molecule has 0 amide bonds. The van der Waals surface area contributed by atoms with Gasteiger partial charge in [-0.3, -0.25) is 9.36 Å². The summed E-state index contributed by atoms with van der Waals surface area (Å²) in [6, 6.07) is 10.9. The highest BCUT2D eigenvalue weighted by Crippen LogP contribution is 2.19. The van der Waals surface area contributed by atoms with Crippen molar-refractivity contribution in [3.63, 3.8) is 0 Å². The van der Waals surface area contributed by atoms with Gasteiger partial charge >= 0.3 is 11.9 Å². The Morgan fingerprint density at radius 1 is 0.933 bits per heavy atom. The van der Waals surface area contributed by atoms with Crippen LogP contribution in [0.15, 0.2) is 47.3 Å². The molecule has 0 saturated heterocycles. The number of aromatic nitrogens is 2. The van der Waals surface area contributed by atoms with Crippen LogP contribution in [-0.2, 0) is 17.7 Å². The zero-order valence-electron chi connectivity index (χ0n) is 16.7. The first-order valence-corrected chi connectivity index (χ1v) is 10.0. The summed E-state index contributed by atoms with van der Waals surface area (Å²) >= 11 is 0. The van der Waals surface area contributed by atoms with Gasteiger partial charge in [0, 0.05) is 13.0 Å². The molecule has 154 valence electrons. The van der Waals surface area contributed by atoms with Crippen LogP contribution in [0, 0.1) is 0 Å². The first-order chi connectivity index (χ1) is 14.6. The van der Waals surface area contributed by atoms with E-state index in [9.17, 15) is 14.4 Å². The van der Waals surface area contributed by atoms with E-state index in [4.69, 9.17) is 4.74 Å². The van der Waals surface area contributed by atoms with Crippen molar-refractivity contribution >= 4 is 22.8 Å². The second-order valence-electron chi connectivity index (χ2n) is 7.29. The van der Waals surface area contributed by atoms with E-state index in [0.717, 1.165) is 37.9 Å². The predicted molar refractivity (Wildman–Crippen MR) is 111 cm³/mol. The summed E-state index contributed by atoms with van der Waals surface area (Å²) in [4.78, 5) is 41.6. The molecule has 2 aromatic carbocycles. The van der Waals surface area contributed by atoms with Gasteiger partial charge in [0.25, 0.3) is 5.56 Å². The third-order valence-electron chi connectivity index (χ3n) is 5.29. The summed E-state index contributed by atoms with van der Waals surface area (Å²) in [5.41, 5.74) is 1.11. The summed E-state index contributed by atoms with van der Waals surface area (Å²) in [5.74, 6) is 0.0565. The average molecular weight is 406 g/mol. The molecule has 0 saturated carbocycles. The van der Waals surface area contributed by atoms with Gasteiger partial charge in [-0.05, 0) is 55.3 Å². The van der Waals surface area contributed by atoms with Crippen LogP contribution in [0.25, 0.3) is 10.9 Å². The second kappa shape index (κ2) is 8.49. The molecule has 3 aromatic rings. The van der Waals surface area contributed by atoms with E-state index >= 15 is 0 Å². The highest BCUT2D eigenvalue weighted by atomic mass is 16.5. The molecule has 7 heteroatoms. The van der Waals surface area contributed by atoms with Crippen LogP contribution in [0.3, 0.4) is 0 Å². The summed E-state index contributed by atoms with van der Waals surface area (Å²) in [7, 11) is 1.30. The third kappa shape index (κ3) is 3.96. The van der Waals surface area contributed by atoms with Crippen molar-refractivity contribution in [3.05, 3.63) is 69.8 Å². The van der Waals surface area contributed by atoms with Gasteiger partial charge in [0.2, 0.25) is 0 Å². The minimum Gasteiger partial charge on any atom is -0.465 e. The predicted octanol–water partition coefficient (Wildman–Crippen LogP) is 3.52. The van der Waals surface area contributed by atoms with E-state index in [1.165, 1.54) is 31.4 Å². The van der Waals surface area contributed by atoms with Crippen molar-refractivity contribution in [3.8, 4) is 5.75 Å². The van der Waals surface area contributed by atoms with Crippen molar-refractivity contribution in [1.29, 1.82) is 0 Å². The third-order valence-corrected chi connectivity index (χ3v) is 5.29. The maximum absolute atomic E-state index is 12.9. The number of methoxy groups -OCH3 is 1. The molecule has 0 aliphatic carbocycles. The Morgan fingerprint density at radius 2 is 1.67 bits per heavy atom. The normalized spacial score (nSPS) is 13.8. The lowest BCUT2D eigenvalue weighted by molar-refractivity contribution is 0.0600. The van der Waals surface area contributed by atoms with Gasteiger partial charge in [0.15, 0.2) is 0 Å². The van der Waals surface area contributed by atoms with Crippen molar-refractivity contribution in [2.75, 3.05) is 7.11 Å². The van der Waals surface area contributed by atoms with Gasteiger partial charge < -0.3 is 9.47 Å². The SMILES string of the molecule is COC(=O)c1ccc(OC(=O)c2ccc3c(=O)n4c(nc3c2)CCCCCC4)cc1. The monoisotopic (exact) mass is 406 g/mol. The van der Waals surface area contributed by atoms with Crippen LogP contribution in [0.1, 0.15) is 52.2 Å². The van der Waals surface area contributed by atoms with Crippen molar-refractivity contribution < 1.29 is 19.1 Å². The van der Waals surface area contributed by atoms with Crippen LogP contribution in [-0.4, -0.2) is 28.6 Å². The van der Waals surface area contributed by atoms with Crippen molar-refractivity contribution in [1.82, 2.24) is 9.55 Å². The van der Waals surface area contributed by atoms with Gasteiger partial charge in [0.1, 0.15) is 11.6 Å². The number of hydrogen-bond acceptors (Lipinski definition) is 6. The topological polar surface area (TPSA) is 87.5 Å². The molecule has 0 bridgehead atoms. The largest absolute Gasteiger partial charge is 0.465 e. The molecule has 1 aliphatic rings. The van der Waals surface area contributed by atoms with Crippen LogP contribution >= 0.6 is 0 Å². The Hall–Kier alpha value is -3.48. The van der Waals surface area contributed by atoms with Crippen LogP contribution < -0.4 is 10.3 Å². The lowest BCUT2D eigenvalue weighted by atomic mass is 10.1. The molecule has 1 aromatic heterocycles. The molecule has 4 rings (SSSR count). The smallest absolute Gasteiger partial charge is 0.343 e. The molecule has 0 unspecified atom stereocenters. The van der Waals surface area contributed by atoms with E-state index in [1.54, 1.807) is 22.8 Å². The average Bonchev–Trinajstić information content (AvgIpc) is 2.74. The maximum Gasteiger partial charge on any atom is 0.343 e. The molecule has 7 nitrogen and oxygen atoms in total. The Morgan fingerprint density at radius 3 is 2.43 bits per heavy atom. The molecule has 0 radical (unpaired) electrons.